The molecule has 2 aromatic rings. The summed E-state index contributed by atoms with van der Waals surface area (Å²) in [5.41, 5.74) is 2.63. The molecule has 0 aliphatic carbocycles. The largest absolute Gasteiger partial charge is 0.483 e. The standard InChI is InChI=1S/C22H26N4O2S/c1-17(18-12-8-6-9-13-18)25(2)23-20(27-4)16-21(28-5)24-26(3)22(29)19-14-10-7-11-15-19/h6-15H,1,16H2,2-5H3/b23-20-,24-21-. The molecule has 0 fully saturated rings. The van der Waals surface area contributed by atoms with Gasteiger partial charge in [0.15, 0.2) is 0 Å². The van der Waals surface area contributed by atoms with Crippen LogP contribution >= 0.6 is 12.2 Å². The Morgan fingerprint density at radius 2 is 1.28 bits per heavy atom. The molecular formula is C22H26N4O2S. The third-order valence-corrected chi connectivity index (χ3v) is 4.61. The molecule has 2 rings (SSSR count). The number of thiocarbonyl (C=S) groups is 1. The zero-order valence-electron chi connectivity index (χ0n) is 17.2. The van der Waals surface area contributed by atoms with Crippen molar-refractivity contribution in [3.8, 4) is 0 Å². The Morgan fingerprint density at radius 3 is 1.76 bits per heavy atom. The molecule has 6 nitrogen and oxygen atoms in total. The fourth-order valence-corrected chi connectivity index (χ4v) is 2.63. The molecule has 152 valence electrons. The molecule has 2 aromatic carbocycles. The van der Waals surface area contributed by atoms with Gasteiger partial charge in [-0.25, -0.2) is 0 Å². The normalized spacial score (nSPS) is 11.6. The number of ether oxygens (including phenoxy) is 2. The third-order valence-electron chi connectivity index (χ3n) is 4.11. The number of benzene rings is 2. The molecule has 7 heteroatoms. The van der Waals surface area contributed by atoms with Crippen molar-refractivity contribution in [2.45, 2.75) is 6.42 Å². The minimum atomic E-state index is 0.265. The van der Waals surface area contributed by atoms with Gasteiger partial charge in [0.2, 0.25) is 11.8 Å². The van der Waals surface area contributed by atoms with E-state index in [2.05, 4.69) is 16.8 Å². The minimum Gasteiger partial charge on any atom is -0.483 e. The van der Waals surface area contributed by atoms with Crippen LogP contribution < -0.4 is 0 Å². The average molecular weight is 411 g/mol. The summed E-state index contributed by atoms with van der Waals surface area (Å²) >= 11 is 5.49. The summed E-state index contributed by atoms with van der Waals surface area (Å²) in [5.74, 6) is 0.856. The number of nitrogens with zero attached hydrogens (tertiary/aromatic N) is 4. The molecule has 0 N–H and O–H groups in total. The van der Waals surface area contributed by atoms with Crippen LogP contribution in [0.2, 0.25) is 0 Å². The van der Waals surface area contributed by atoms with Crippen molar-refractivity contribution < 1.29 is 9.47 Å². The highest BCUT2D eigenvalue weighted by Gasteiger charge is 2.13. The van der Waals surface area contributed by atoms with E-state index >= 15 is 0 Å². The lowest BCUT2D eigenvalue weighted by Gasteiger charge is -2.19. The number of rotatable bonds is 7. The molecule has 0 aromatic heterocycles. The van der Waals surface area contributed by atoms with E-state index in [0.717, 1.165) is 16.8 Å². The van der Waals surface area contributed by atoms with Gasteiger partial charge in [0.05, 0.1) is 19.9 Å². The lowest BCUT2D eigenvalue weighted by molar-refractivity contribution is 0.350. The van der Waals surface area contributed by atoms with E-state index in [-0.39, 0.29) is 6.42 Å². The first-order chi connectivity index (χ1) is 14.0. The van der Waals surface area contributed by atoms with Crippen LogP contribution in [0.4, 0.5) is 0 Å². The predicted octanol–water partition coefficient (Wildman–Crippen LogP) is 4.21. The van der Waals surface area contributed by atoms with Gasteiger partial charge in [-0.3, -0.25) is 10.0 Å². The van der Waals surface area contributed by atoms with Gasteiger partial charge >= 0.3 is 0 Å². The molecule has 0 atom stereocenters. The smallest absolute Gasteiger partial charge is 0.215 e. The Kier molecular flexibility index (Phi) is 8.36. The molecule has 0 aliphatic rings. The third kappa shape index (κ3) is 6.43. The first-order valence-electron chi connectivity index (χ1n) is 9.00. The molecule has 0 spiro atoms. The van der Waals surface area contributed by atoms with Crippen molar-refractivity contribution in [3.05, 3.63) is 78.4 Å². The molecule has 0 saturated carbocycles. The molecule has 29 heavy (non-hydrogen) atoms. The monoisotopic (exact) mass is 410 g/mol. The van der Waals surface area contributed by atoms with E-state index in [9.17, 15) is 0 Å². The second-order valence-electron chi connectivity index (χ2n) is 6.10. The number of hydrogen-bond acceptors (Lipinski definition) is 6. The van der Waals surface area contributed by atoms with Gasteiger partial charge in [-0.2, -0.15) is 0 Å². The highest BCUT2D eigenvalue weighted by atomic mass is 32.1. The second-order valence-corrected chi connectivity index (χ2v) is 6.49. The van der Waals surface area contributed by atoms with E-state index in [1.54, 1.807) is 31.3 Å². The average Bonchev–Trinajstić information content (AvgIpc) is 2.77. The fraction of sp³-hybridized carbons (Fsp3) is 0.227. The van der Waals surface area contributed by atoms with E-state index in [0.29, 0.717) is 16.8 Å². The topological polar surface area (TPSA) is 49.7 Å². The van der Waals surface area contributed by atoms with Crippen molar-refractivity contribution in [2.75, 3.05) is 28.3 Å². The second kappa shape index (κ2) is 11.0. The van der Waals surface area contributed by atoms with Gasteiger partial charge in [0.1, 0.15) is 11.4 Å². The molecule has 0 unspecified atom stereocenters. The Balaban J connectivity index is 2.12. The Hall–Kier alpha value is -3.19. The Morgan fingerprint density at radius 1 is 0.828 bits per heavy atom. The summed E-state index contributed by atoms with van der Waals surface area (Å²) in [4.78, 5) is 0.589. The zero-order chi connectivity index (χ0) is 21.2. The molecule has 0 aliphatic heterocycles. The van der Waals surface area contributed by atoms with Crippen molar-refractivity contribution in [3.63, 3.8) is 0 Å². The number of hydrogen-bond donors (Lipinski definition) is 0. The Labute approximate surface area is 177 Å². The van der Waals surface area contributed by atoms with Crippen LogP contribution in [-0.2, 0) is 9.47 Å². The van der Waals surface area contributed by atoms with Crippen LogP contribution in [0.5, 0.6) is 0 Å². The minimum absolute atomic E-state index is 0.265. The highest BCUT2D eigenvalue weighted by molar-refractivity contribution is 7.80. The van der Waals surface area contributed by atoms with Crippen LogP contribution in [0.3, 0.4) is 0 Å². The van der Waals surface area contributed by atoms with Crippen LogP contribution in [0, 0.1) is 0 Å². The van der Waals surface area contributed by atoms with Crippen LogP contribution in [0.1, 0.15) is 17.5 Å². The summed E-state index contributed by atoms with van der Waals surface area (Å²) in [6.07, 6.45) is 0.265. The van der Waals surface area contributed by atoms with Crippen LogP contribution in [-0.4, -0.2) is 55.1 Å². The predicted molar refractivity (Wildman–Crippen MR) is 123 cm³/mol. The lowest BCUT2D eigenvalue weighted by Crippen LogP contribution is -2.24. The van der Waals surface area contributed by atoms with Gasteiger partial charge in [-0.05, 0) is 5.56 Å². The maximum absolute atomic E-state index is 5.49. The summed E-state index contributed by atoms with van der Waals surface area (Å²) < 4.78 is 10.8. The van der Waals surface area contributed by atoms with Gasteiger partial charge < -0.3 is 9.47 Å². The van der Waals surface area contributed by atoms with Gasteiger partial charge in [0.25, 0.3) is 0 Å². The highest BCUT2D eigenvalue weighted by Crippen LogP contribution is 2.16. The summed E-state index contributed by atoms with van der Waals surface area (Å²) in [6.45, 7) is 4.09. The molecule has 0 bridgehead atoms. The SMILES string of the molecule is C=C(c1ccccc1)N(C)/N=C(/C/C(=N/N(C)C(=S)c1ccccc1)OC)OC. The van der Waals surface area contributed by atoms with E-state index in [1.807, 2.05) is 67.7 Å². The molecule has 0 radical (unpaired) electrons. The molecule has 0 saturated heterocycles. The quantitative estimate of drug-likeness (QED) is 0.296. The van der Waals surface area contributed by atoms with Gasteiger partial charge in [-0.15, -0.1) is 10.2 Å². The first-order valence-corrected chi connectivity index (χ1v) is 9.41. The van der Waals surface area contributed by atoms with Crippen LogP contribution in [0.25, 0.3) is 5.70 Å². The summed E-state index contributed by atoms with van der Waals surface area (Å²) in [5, 5.41) is 12.2. The van der Waals surface area contributed by atoms with E-state index in [1.165, 1.54) is 0 Å². The van der Waals surface area contributed by atoms with Crippen molar-refractivity contribution in [2.24, 2.45) is 10.2 Å². The molecular weight excluding hydrogens is 384 g/mol. The van der Waals surface area contributed by atoms with Gasteiger partial charge in [0, 0.05) is 19.7 Å². The Bertz CT molecular complexity index is 809. The summed E-state index contributed by atoms with van der Waals surface area (Å²) in [6, 6.07) is 19.5. The van der Waals surface area contributed by atoms with Crippen molar-refractivity contribution in [1.29, 1.82) is 0 Å². The van der Waals surface area contributed by atoms with Crippen LogP contribution in [0.15, 0.2) is 77.4 Å². The number of methoxy groups -OCH3 is 2. The van der Waals surface area contributed by atoms with Crippen molar-refractivity contribution >= 4 is 34.7 Å². The number of hydrazone groups is 2. The van der Waals surface area contributed by atoms with Gasteiger partial charge in [-0.1, -0.05) is 79.5 Å². The maximum Gasteiger partial charge on any atom is 0.215 e. The van der Waals surface area contributed by atoms with Crippen molar-refractivity contribution in [1.82, 2.24) is 10.0 Å². The lowest BCUT2D eigenvalue weighted by atomic mass is 10.2. The van der Waals surface area contributed by atoms with E-state index in [4.69, 9.17) is 21.7 Å². The first kappa shape index (κ1) is 22.1. The zero-order valence-corrected chi connectivity index (χ0v) is 18.0. The maximum atomic E-state index is 5.49. The van der Waals surface area contributed by atoms with E-state index < -0.39 is 0 Å². The fourth-order valence-electron chi connectivity index (χ4n) is 2.45. The molecule has 0 heterocycles. The summed E-state index contributed by atoms with van der Waals surface area (Å²) in [7, 11) is 6.71. The molecule has 0 amide bonds.